The van der Waals surface area contributed by atoms with Crippen LogP contribution in [0.2, 0.25) is 0 Å². The van der Waals surface area contributed by atoms with E-state index in [9.17, 15) is 0 Å². The maximum atomic E-state index is 5.56. The number of likely N-dealkylation sites (N-methyl/N-ethyl adjacent to an activating group) is 1. The van der Waals surface area contributed by atoms with Gasteiger partial charge in [-0.25, -0.2) is 0 Å². The van der Waals surface area contributed by atoms with Crippen molar-refractivity contribution in [2.24, 2.45) is 0 Å². The summed E-state index contributed by atoms with van der Waals surface area (Å²) in [4.78, 5) is 6.96. The van der Waals surface area contributed by atoms with Gasteiger partial charge in [0.25, 0.3) is 0 Å². The minimum atomic E-state index is 0.163. The smallest absolute Gasteiger partial charge is 0.233 e. The van der Waals surface area contributed by atoms with Crippen molar-refractivity contribution in [2.75, 3.05) is 45.4 Å². The Morgan fingerprint density at radius 1 is 1.45 bits per heavy atom. The summed E-state index contributed by atoms with van der Waals surface area (Å²) in [5.74, 6) is 3.90. The molecule has 7 heteroatoms. The molecule has 0 amide bonds. The van der Waals surface area contributed by atoms with Crippen LogP contribution in [0.25, 0.3) is 0 Å². The second kappa shape index (κ2) is 6.43. The summed E-state index contributed by atoms with van der Waals surface area (Å²) < 4.78 is 11.1. The van der Waals surface area contributed by atoms with Gasteiger partial charge >= 0.3 is 0 Å². The lowest BCUT2D eigenvalue weighted by Crippen LogP contribution is -2.39. The van der Waals surface area contributed by atoms with Crippen LogP contribution in [-0.2, 0) is 4.74 Å². The Balaban J connectivity index is 1.75. The Labute approximate surface area is 123 Å². The molecule has 20 heavy (non-hydrogen) atoms. The molecule has 1 N–H and O–H groups in total. The topological polar surface area (TPSA) is 63.4 Å². The van der Waals surface area contributed by atoms with E-state index in [0.717, 1.165) is 31.1 Å². The van der Waals surface area contributed by atoms with Gasteiger partial charge in [0.1, 0.15) is 0 Å². The number of rotatable bonds is 3. The van der Waals surface area contributed by atoms with Crippen LogP contribution in [0, 0.1) is 0 Å². The van der Waals surface area contributed by atoms with Crippen LogP contribution in [0.5, 0.6) is 0 Å². The molecule has 2 aliphatic heterocycles. The standard InChI is InChI=1S/C13H22N4O2S/c1-14-10-3-5-18-7-9(10)13-15-12(16-19-13)11-8-20-6-4-17(11)2/h9-11,14H,3-8H2,1-2H3. The van der Waals surface area contributed by atoms with E-state index in [4.69, 9.17) is 9.26 Å². The Morgan fingerprint density at radius 3 is 3.15 bits per heavy atom. The van der Waals surface area contributed by atoms with Crippen LogP contribution in [-0.4, -0.2) is 66.4 Å². The zero-order valence-electron chi connectivity index (χ0n) is 12.0. The zero-order chi connectivity index (χ0) is 13.9. The van der Waals surface area contributed by atoms with E-state index in [0.29, 0.717) is 18.5 Å². The third-order valence-corrected chi connectivity index (χ3v) is 5.22. The first-order chi connectivity index (χ1) is 9.79. The molecule has 0 saturated carbocycles. The average molecular weight is 298 g/mol. The number of thioether (sulfide) groups is 1. The van der Waals surface area contributed by atoms with Gasteiger partial charge in [-0.15, -0.1) is 0 Å². The third kappa shape index (κ3) is 2.86. The van der Waals surface area contributed by atoms with Gasteiger partial charge in [0, 0.05) is 30.7 Å². The number of hydrogen-bond acceptors (Lipinski definition) is 7. The summed E-state index contributed by atoms with van der Waals surface area (Å²) in [6, 6.07) is 0.624. The second-order valence-corrected chi connectivity index (χ2v) is 6.58. The van der Waals surface area contributed by atoms with Crippen molar-refractivity contribution >= 4 is 11.8 Å². The highest BCUT2D eigenvalue weighted by atomic mass is 32.2. The number of nitrogens with one attached hydrogen (secondary N) is 1. The van der Waals surface area contributed by atoms with Crippen molar-refractivity contribution in [3.63, 3.8) is 0 Å². The van der Waals surface area contributed by atoms with Gasteiger partial charge in [0.2, 0.25) is 5.89 Å². The number of aromatic nitrogens is 2. The average Bonchev–Trinajstić information content (AvgIpc) is 2.97. The highest BCUT2D eigenvalue weighted by Crippen LogP contribution is 2.29. The zero-order valence-corrected chi connectivity index (χ0v) is 12.9. The predicted molar refractivity (Wildman–Crippen MR) is 78.0 cm³/mol. The third-order valence-electron chi connectivity index (χ3n) is 4.20. The molecule has 3 heterocycles. The highest BCUT2D eigenvalue weighted by molar-refractivity contribution is 7.99. The molecule has 1 aromatic heterocycles. The van der Waals surface area contributed by atoms with Gasteiger partial charge in [0.15, 0.2) is 5.82 Å². The molecule has 2 aliphatic rings. The first-order valence-corrected chi connectivity index (χ1v) is 8.31. The SMILES string of the molecule is CNC1CCOCC1c1nc(C2CSCCN2C)no1. The molecule has 3 rings (SSSR count). The quantitative estimate of drug-likeness (QED) is 0.888. The maximum Gasteiger partial charge on any atom is 0.233 e. The van der Waals surface area contributed by atoms with Crippen molar-refractivity contribution in [3.8, 4) is 0 Å². The maximum absolute atomic E-state index is 5.56. The summed E-state index contributed by atoms with van der Waals surface area (Å²) in [5.41, 5.74) is 0. The van der Waals surface area contributed by atoms with Gasteiger partial charge in [0.05, 0.1) is 18.6 Å². The van der Waals surface area contributed by atoms with E-state index in [1.54, 1.807) is 0 Å². The van der Waals surface area contributed by atoms with Crippen LogP contribution in [0.15, 0.2) is 4.52 Å². The van der Waals surface area contributed by atoms with E-state index in [-0.39, 0.29) is 12.0 Å². The van der Waals surface area contributed by atoms with Crippen LogP contribution >= 0.6 is 11.8 Å². The number of ether oxygens (including phenoxy) is 1. The molecule has 2 saturated heterocycles. The summed E-state index contributed by atoms with van der Waals surface area (Å²) in [7, 11) is 4.10. The first kappa shape index (κ1) is 14.3. The largest absolute Gasteiger partial charge is 0.381 e. The molecule has 6 nitrogen and oxygen atoms in total. The molecular weight excluding hydrogens is 276 g/mol. The van der Waals surface area contributed by atoms with E-state index in [2.05, 4.69) is 27.4 Å². The Morgan fingerprint density at radius 2 is 2.35 bits per heavy atom. The Kier molecular flexibility index (Phi) is 4.60. The monoisotopic (exact) mass is 298 g/mol. The predicted octanol–water partition coefficient (Wildman–Crippen LogP) is 0.881. The lowest BCUT2D eigenvalue weighted by atomic mass is 9.96. The molecule has 0 aliphatic carbocycles. The van der Waals surface area contributed by atoms with Gasteiger partial charge in [-0.1, -0.05) is 5.16 Å². The minimum Gasteiger partial charge on any atom is -0.381 e. The molecule has 0 spiro atoms. The fraction of sp³-hybridized carbons (Fsp3) is 0.846. The van der Waals surface area contributed by atoms with Crippen LogP contribution < -0.4 is 5.32 Å². The van der Waals surface area contributed by atoms with Gasteiger partial charge in [-0.2, -0.15) is 16.7 Å². The Bertz CT molecular complexity index is 442. The van der Waals surface area contributed by atoms with Crippen molar-refractivity contribution in [3.05, 3.63) is 11.7 Å². The molecule has 0 radical (unpaired) electrons. The molecule has 0 bridgehead atoms. The molecule has 3 atom stereocenters. The fourth-order valence-electron chi connectivity index (χ4n) is 2.82. The summed E-state index contributed by atoms with van der Waals surface area (Å²) in [5, 5.41) is 7.54. The number of nitrogens with zero attached hydrogens (tertiary/aromatic N) is 3. The lowest BCUT2D eigenvalue weighted by molar-refractivity contribution is 0.0516. The van der Waals surface area contributed by atoms with Crippen molar-refractivity contribution < 1.29 is 9.26 Å². The van der Waals surface area contributed by atoms with Crippen molar-refractivity contribution in [2.45, 2.75) is 24.4 Å². The van der Waals surface area contributed by atoms with Crippen molar-refractivity contribution in [1.82, 2.24) is 20.4 Å². The summed E-state index contributed by atoms with van der Waals surface area (Å²) >= 11 is 1.95. The van der Waals surface area contributed by atoms with Crippen LogP contribution in [0.4, 0.5) is 0 Å². The molecule has 1 aromatic rings. The molecular formula is C13H22N4O2S. The van der Waals surface area contributed by atoms with Crippen LogP contribution in [0.3, 0.4) is 0 Å². The van der Waals surface area contributed by atoms with Crippen LogP contribution in [0.1, 0.15) is 30.1 Å². The number of hydrogen-bond donors (Lipinski definition) is 1. The summed E-state index contributed by atoms with van der Waals surface area (Å²) in [6.45, 7) is 2.53. The van der Waals surface area contributed by atoms with E-state index < -0.39 is 0 Å². The normalized spacial score (nSPS) is 32.4. The summed E-state index contributed by atoms with van der Waals surface area (Å²) in [6.07, 6.45) is 0.984. The molecule has 2 fully saturated rings. The molecule has 112 valence electrons. The van der Waals surface area contributed by atoms with E-state index in [1.807, 2.05) is 18.8 Å². The molecule has 3 unspecified atom stereocenters. The lowest BCUT2D eigenvalue weighted by Gasteiger charge is -2.30. The van der Waals surface area contributed by atoms with E-state index in [1.165, 1.54) is 5.75 Å². The highest BCUT2D eigenvalue weighted by Gasteiger charge is 2.32. The second-order valence-electron chi connectivity index (χ2n) is 5.43. The minimum absolute atomic E-state index is 0.163. The first-order valence-electron chi connectivity index (χ1n) is 7.16. The van der Waals surface area contributed by atoms with Crippen molar-refractivity contribution in [1.29, 1.82) is 0 Å². The molecule has 0 aromatic carbocycles. The van der Waals surface area contributed by atoms with E-state index >= 15 is 0 Å². The fourth-order valence-corrected chi connectivity index (χ4v) is 4.03. The van der Waals surface area contributed by atoms with Gasteiger partial charge in [-0.05, 0) is 20.5 Å². The Hall–Kier alpha value is -0.630. The van der Waals surface area contributed by atoms with Gasteiger partial charge in [-0.3, -0.25) is 4.90 Å². The van der Waals surface area contributed by atoms with Gasteiger partial charge < -0.3 is 14.6 Å².